The van der Waals surface area contributed by atoms with E-state index < -0.39 is 0 Å². The molecule has 1 rings (SSSR count). The van der Waals surface area contributed by atoms with Crippen molar-refractivity contribution in [2.45, 2.75) is 0 Å². The standard InChI is InChI=1S/C9H7ClN4O/c1-15-9-7(3-2-4-13-14-11)5-8(10)6-12-9/h5-6H,4H2,1H3. The topological polar surface area (TPSA) is 70.9 Å². The molecule has 1 heterocycles. The summed E-state index contributed by atoms with van der Waals surface area (Å²) in [4.78, 5) is 6.51. The average molecular weight is 223 g/mol. The molecule has 0 saturated heterocycles. The van der Waals surface area contributed by atoms with Crippen LogP contribution in [0.4, 0.5) is 0 Å². The lowest BCUT2D eigenvalue weighted by molar-refractivity contribution is 0.396. The third-order valence-electron chi connectivity index (χ3n) is 1.45. The molecule has 0 amide bonds. The molecular formula is C9H7ClN4O. The normalized spacial score (nSPS) is 8.40. The molecule has 0 saturated carbocycles. The lowest BCUT2D eigenvalue weighted by atomic mass is 10.3. The number of hydrogen-bond donors (Lipinski definition) is 0. The van der Waals surface area contributed by atoms with Gasteiger partial charge in [-0.15, -0.1) is 0 Å². The van der Waals surface area contributed by atoms with Gasteiger partial charge in [0, 0.05) is 11.1 Å². The molecule has 0 bridgehead atoms. The number of rotatable bonds is 2. The summed E-state index contributed by atoms with van der Waals surface area (Å²) in [5, 5.41) is 3.75. The first kappa shape index (κ1) is 11.2. The third kappa shape index (κ3) is 3.39. The maximum Gasteiger partial charge on any atom is 0.229 e. The second-order valence-electron chi connectivity index (χ2n) is 2.40. The van der Waals surface area contributed by atoms with E-state index in [-0.39, 0.29) is 6.54 Å². The molecule has 0 unspecified atom stereocenters. The van der Waals surface area contributed by atoms with Crippen molar-refractivity contribution in [3.05, 3.63) is 33.3 Å². The van der Waals surface area contributed by atoms with E-state index in [1.165, 1.54) is 13.3 Å². The SMILES string of the molecule is COc1ncc(Cl)cc1C#CCN=[N+]=[N-]. The van der Waals surface area contributed by atoms with Crippen molar-refractivity contribution in [1.82, 2.24) is 4.98 Å². The third-order valence-corrected chi connectivity index (χ3v) is 1.65. The van der Waals surface area contributed by atoms with E-state index in [0.29, 0.717) is 16.5 Å². The van der Waals surface area contributed by atoms with Crippen LogP contribution in [0.25, 0.3) is 10.4 Å². The average Bonchev–Trinajstić information content (AvgIpc) is 2.25. The number of nitrogens with zero attached hydrogens (tertiary/aromatic N) is 4. The zero-order valence-corrected chi connectivity index (χ0v) is 8.69. The zero-order valence-electron chi connectivity index (χ0n) is 7.94. The van der Waals surface area contributed by atoms with Crippen molar-refractivity contribution in [2.24, 2.45) is 5.11 Å². The minimum Gasteiger partial charge on any atom is -0.480 e. The Morgan fingerprint density at radius 3 is 3.20 bits per heavy atom. The van der Waals surface area contributed by atoms with E-state index in [1.54, 1.807) is 6.07 Å². The van der Waals surface area contributed by atoms with Crippen LogP contribution in [-0.4, -0.2) is 18.6 Å². The fraction of sp³-hybridized carbons (Fsp3) is 0.222. The van der Waals surface area contributed by atoms with Crippen LogP contribution in [0.2, 0.25) is 5.02 Å². The summed E-state index contributed by atoms with van der Waals surface area (Å²) in [6, 6.07) is 1.64. The first-order chi connectivity index (χ1) is 7.27. The summed E-state index contributed by atoms with van der Waals surface area (Å²) >= 11 is 5.75. The smallest absolute Gasteiger partial charge is 0.229 e. The molecule has 0 atom stereocenters. The van der Waals surface area contributed by atoms with Gasteiger partial charge in [0.25, 0.3) is 0 Å². The highest BCUT2D eigenvalue weighted by molar-refractivity contribution is 6.30. The van der Waals surface area contributed by atoms with E-state index in [0.717, 1.165) is 0 Å². The van der Waals surface area contributed by atoms with Gasteiger partial charge < -0.3 is 4.74 Å². The second kappa shape index (κ2) is 5.76. The van der Waals surface area contributed by atoms with E-state index in [9.17, 15) is 0 Å². The van der Waals surface area contributed by atoms with Crippen LogP contribution in [0, 0.1) is 11.8 Å². The Morgan fingerprint density at radius 1 is 1.73 bits per heavy atom. The first-order valence-corrected chi connectivity index (χ1v) is 4.35. The molecule has 0 aromatic carbocycles. The fourth-order valence-electron chi connectivity index (χ4n) is 0.881. The van der Waals surface area contributed by atoms with Gasteiger partial charge in [0.15, 0.2) is 0 Å². The van der Waals surface area contributed by atoms with Crippen LogP contribution in [-0.2, 0) is 0 Å². The summed E-state index contributed by atoms with van der Waals surface area (Å²) in [7, 11) is 1.49. The van der Waals surface area contributed by atoms with E-state index in [2.05, 4.69) is 26.9 Å². The monoisotopic (exact) mass is 222 g/mol. The van der Waals surface area contributed by atoms with Crippen LogP contribution >= 0.6 is 11.6 Å². The number of hydrogen-bond acceptors (Lipinski definition) is 3. The second-order valence-corrected chi connectivity index (χ2v) is 2.84. The molecule has 0 spiro atoms. The Morgan fingerprint density at radius 2 is 2.53 bits per heavy atom. The maximum atomic E-state index is 8.04. The van der Waals surface area contributed by atoms with Gasteiger partial charge in [-0.25, -0.2) is 4.98 Å². The van der Waals surface area contributed by atoms with Crippen LogP contribution in [0.3, 0.4) is 0 Å². The van der Waals surface area contributed by atoms with Crippen molar-refractivity contribution in [3.63, 3.8) is 0 Å². The maximum absolute atomic E-state index is 8.04. The molecule has 15 heavy (non-hydrogen) atoms. The van der Waals surface area contributed by atoms with Crippen molar-refractivity contribution >= 4 is 11.6 Å². The fourth-order valence-corrected chi connectivity index (χ4v) is 1.04. The number of azide groups is 1. The highest BCUT2D eigenvalue weighted by atomic mass is 35.5. The van der Waals surface area contributed by atoms with Crippen molar-refractivity contribution < 1.29 is 4.74 Å². The van der Waals surface area contributed by atoms with E-state index in [1.807, 2.05) is 0 Å². The lowest BCUT2D eigenvalue weighted by Gasteiger charge is -2.00. The van der Waals surface area contributed by atoms with Crippen LogP contribution < -0.4 is 4.74 Å². The molecule has 0 N–H and O–H groups in total. The number of ether oxygens (including phenoxy) is 1. The summed E-state index contributed by atoms with van der Waals surface area (Å²) in [5.41, 5.74) is 8.61. The first-order valence-electron chi connectivity index (χ1n) is 3.97. The molecule has 0 aliphatic heterocycles. The zero-order chi connectivity index (χ0) is 11.1. The van der Waals surface area contributed by atoms with Gasteiger partial charge in [-0.3, -0.25) is 0 Å². The quantitative estimate of drug-likeness (QED) is 0.334. The minimum absolute atomic E-state index is 0.103. The largest absolute Gasteiger partial charge is 0.480 e. The molecule has 1 aromatic heterocycles. The number of halogens is 1. The summed E-state index contributed by atoms with van der Waals surface area (Å²) < 4.78 is 4.98. The van der Waals surface area contributed by atoms with Crippen LogP contribution in [0.1, 0.15) is 5.56 Å². The molecule has 1 aromatic rings. The van der Waals surface area contributed by atoms with Gasteiger partial charge in [-0.1, -0.05) is 28.6 Å². The molecule has 0 aliphatic carbocycles. The molecule has 5 nitrogen and oxygen atoms in total. The summed E-state index contributed by atoms with van der Waals surface area (Å²) in [5.74, 6) is 5.80. The number of pyridine rings is 1. The molecule has 0 aliphatic rings. The number of methoxy groups -OCH3 is 1. The summed E-state index contributed by atoms with van der Waals surface area (Å²) in [6.07, 6.45) is 1.47. The Balaban J connectivity index is 2.94. The van der Waals surface area contributed by atoms with Crippen LogP contribution in [0.5, 0.6) is 5.88 Å². The van der Waals surface area contributed by atoms with E-state index in [4.69, 9.17) is 21.9 Å². The van der Waals surface area contributed by atoms with E-state index >= 15 is 0 Å². The van der Waals surface area contributed by atoms with Crippen molar-refractivity contribution in [2.75, 3.05) is 13.7 Å². The Kier molecular flexibility index (Phi) is 4.30. The molecule has 0 radical (unpaired) electrons. The molecule has 6 heteroatoms. The molecular weight excluding hydrogens is 216 g/mol. The predicted octanol–water partition coefficient (Wildman–Crippen LogP) is 2.41. The van der Waals surface area contributed by atoms with Gasteiger partial charge in [0.05, 0.1) is 24.2 Å². The summed E-state index contributed by atoms with van der Waals surface area (Å²) in [6.45, 7) is 0.103. The van der Waals surface area contributed by atoms with Gasteiger partial charge >= 0.3 is 0 Å². The van der Waals surface area contributed by atoms with Gasteiger partial charge in [0.2, 0.25) is 5.88 Å². The van der Waals surface area contributed by atoms with Crippen molar-refractivity contribution in [3.8, 4) is 17.7 Å². The Hall–Kier alpha value is -1.89. The van der Waals surface area contributed by atoms with Gasteiger partial charge in [-0.05, 0) is 11.6 Å². The Bertz CT molecular complexity index is 457. The Labute approximate surface area is 91.7 Å². The molecule has 76 valence electrons. The van der Waals surface area contributed by atoms with Crippen molar-refractivity contribution in [1.29, 1.82) is 0 Å². The van der Waals surface area contributed by atoms with Gasteiger partial charge in [-0.2, -0.15) is 0 Å². The minimum atomic E-state index is 0.103. The van der Waals surface area contributed by atoms with Gasteiger partial charge in [0.1, 0.15) is 0 Å². The predicted molar refractivity (Wildman–Crippen MR) is 56.7 cm³/mol. The highest BCUT2D eigenvalue weighted by Crippen LogP contribution is 2.17. The lowest BCUT2D eigenvalue weighted by Crippen LogP contribution is -1.91. The number of aromatic nitrogens is 1. The van der Waals surface area contributed by atoms with Crippen LogP contribution in [0.15, 0.2) is 17.4 Å². The highest BCUT2D eigenvalue weighted by Gasteiger charge is 2.01. The molecule has 0 fully saturated rings.